The lowest BCUT2D eigenvalue weighted by atomic mass is 10.2. The lowest BCUT2D eigenvalue weighted by Crippen LogP contribution is -2.24. The first-order valence-corrected chi connectivity index (χ1v) is 6.56. The Balaban J connectivity index is 1.92. The lowest BCUT2D eigenvalue weighted by Gasteiger charge is -2.12. The SMILES string of the molecule is CCc1nc(C(=O)NCc2ccc(N(C)C)cc2)n[nH]1. The van der Waals surface area contributed by atoms with Crippen LogP contribution in [-0.2, 0) is 13.0 Å². The number of nitrogens with one attached hydrogen (secondary N) is 2. The van der Waals surface area contributed by atoms with Gasteiger partial charge < -0.3 is 10.2 Å². The van der Waals surface area contributed by atoms with Gasteiger partial charge in [-0.25, -0.2) is 4.98 Å². The van der Waals surface area contributed by atoms with Gasteiger partial charge in [-0.3, -0.25) is 9.89 Å². The van der Waals surface area contributed by atoms with Gasteiger partial charge in [-0.05, 0) is 17.7 Å². The summed E-state index contributed by atoms with van der Waals surface area (Å²) in [7, 11) is 3.98. The number of aromatic amines is 1. The minimum atomic E-state index is -0.266. The molecular formula is C14H19N5O. The third-order valence-electron chi connectivity index (χ3n) is 2.98. The van der Waals surface area contributed by atoms with Crippen molar-refractivity contribution >= 4 is 11.6 Å². The molecule has 106 valence electrons. The van der Waals surface area contributed by atoms with Crippen LogP contribution in [0.5, 0.6) is 0 Å². The second-order valence-corrected chi connectivity index (χ2v) is 4.70. The Bertz CT molecular complexity index is 574. The van der Waals surface area contributed by atoms with Crippen LogP contribution in [0.25, 0.3) is 0 Å². The number of aromatic nitrogens is 3. The van der Waals surface area contributed by atoms with Crippen LogP contribution < -0.4 is 10.2 Å². The van der Waals surface area contributed by atoms with Gasteiger partial charge in [0, 0.05) is 32.7 Å². The second-order valence-electron chi connectivity index (χ2n) is 4.70. The van der Waals surface area contributed by atoms with E-state index in [1.165, 1.54) is 0 Å². The van der Waals surface area contributed by atoms with Crippen molar-refractivity contribution in [2.24, 2.45) is 0 Å². The van der Waals surface area contributed by atoms with E-state index in [1.807, 2.05) is 50.2 Å². The molecule has 6 nitrogen and oxygen atoms in total. The fourth-order valence-corrected chi connectivity index (χ4v) is 1.73. The average Bonchev–Trinajstić information content (AvgIpc) is 2.94. The summed E-state index contributed by atoms with van der Waals surface area (Å²) in [5, 5.41) is 9.41. The molecule has 0 aliphatic rings. The zero-order valence-corrected chi connectivity index (χ0v) is 12.0. The number of H-pyrrole nitrogens is 1. The smallest absolute Gasteiger partial charge is 0.291 e. The molecule has 2 N–H and O–H groups in total. The van der Waals surface area contributed by atoms with Crippen molar-refractivity contribution in [2.45, 2.75) is 19.9 Å². The molecule has 1 heterocycles. The summed E-state index contributed by atoms with van der Waals surface area (Å²) in [5.74, 6) is 0.634. The first-order chi connectivity index (χ1) is 9.60. The van der Waals surface area contributed by atoms with E-state index in [2.05, 4.69) is 20.5 Å². The van der Waals surface area contributed by atoms with Gasteiger partial charge in [0.25, 0.3) is 5.91 Å². The monoisotopic (exact) mass is 273 g/mol. The van der Waals surface area contributed by atoms with Crippen molar-refractivity contribution in [3.63, 3.8) is 0 Å². The molecule has 2 rings (SSSR count). The fraction of sp³-hybridized carbons (Fsp3) is 0.357. The summed E-state index contributed by atoms with van der Waals surface area (Å²) in [4.78, 5) is 18.0. The predicted octanol–water partition coefficient (Wildman–Crippen LogP) is 1.36. The topological polar surface area (TPSA) is 73.9 Å². The number of hydrogen-bond donors (Lipinski definition) is 2. The number of benzene rings is 1. The van der Waals surface area contributed by atoms with E-state index in [4.69, 9.17) is 0 Å². The van der Waals surface area contributed by atoms with Gasteiger partial charge in [-0.1, -0.05) is 19.1 Å². The quantitative estimate of drug-likeness (QED) is 0.862. The number of amides is 1. The first kappa shape index (κ1) is 14.0. The number of nitrogens with zero attached hydrogens (tertiary/aromatic N) is 3. The number of hydrogen-bond acceptors (Lipinski definition) is 4. The average molecular weight is 273 g/mol. The highest BCUT2D eigenvalue weighted by Crippen LogP contribution is 2.12. The first-order valence-electron chi connectivity index (χ1n) is 6.56. The number of aryl methyl sites for hydroxylation is 1. The molecule has 0 aliphatic carbocycles. The van der Waals surface area contributed by atoms with E-state index >= 15 is 0 Å². The van der Waals surface area contributed by atoms with Crippen molar-refractivity contribution in [1.29, 1.82) is 0 Å². The van der Waals surface area contributed by atoms with E-state index in [9.17, 15) is 4.79 Å². The normalized spacial score (nSPS) is 10.3. The van der Waals surface area contributed by atoms with Crippen LogP contribution in [0.2, 0.25) is 0 Å². The van der Waals surface area contributed by atoms with Crippen LogP contribution in [0, 0.1) is 0 Å². The Morgan fingerprint density at radius 2 is 2.00 bits per heavy atom. The predicted molar refractivity (Wildman–Crippen MR) is 77.7 cm³/mol. The molecule has 0 bridgehead atoms. The van der Waals surface area contributed by atoms with E-state index in [0.717, 1.165) is 17.7 Å². The molecule has 0 saturated carbocycles. The summed E-state index contributed by atoms with van der Waals surface area (Å²) in [6, 6.07) is 8.02. The third kappa shape index (κ3) is 3.34. The maximum Gasteiger partial charge on any atom is 0.291 e. The van der Waals surface area contributed by atoms with E-state index < -0.39 is 0 Å². The summed E-state index contributed by atoms with van der Waals surface area (Å²) < 4.78 is 0. The Morgan fingerprint density at radius 1 is 1.30 bits per heavy atom. The molecule has 0 unspecified atom stereocenters. The lowest BCUT2D eigenvalue weighted by molar-refractivity contribution is 0.0941. The number of carbonyl (C=O) groups excluding carboxylic acids is 1. The molecule has 6 heteroatoms. The Morgan fingerprint density at radius 3 is 2.55 bits per heavy atom. The molecule has 0 fully saturated rings. The molecule has 0 saturated heterocycles. The standard InChI is InChI=1S/C14H19N5O/c1-4-12-16-13(18-17-12)14(20)15-9-10-5-7-11(8-6-10)19(2)3/h5-8H,4,9H2,1-3H3,(H,15,20)(H,16,17,18). The Hall–Kier alpha value is -2.37. The molecule has 1 amide bonds. The third-order valence-corrected chi connectivity index (χ3v) is 2.98. The molecule has 0 aliphatic heterocycles. The molecule has 20 heavy (non-hydrogen) atoms. The summed E-state index contributed by atoms with van der Waals surface area (Å²) in [6.07, 6.45) is 0.728. The zero-order chi connectivity index (χ0) is 14.5. The minimum Gasteiger partial charge on any atom is -0.378 e. The minimum absolute atomic E-state index is 0.187. The van der Waals surface area contributed by atoms with Crippen molar-refractivity contribution in [1.82, 2.24) is 20.5 Å². The highest BCUT2D eigenvalue weighted by Gasteiger charge is 2.11. The Labute approximate surface area is 118 Å². The maximum absolute atomic E-state index is 11.9. The van der Waals surface area contributed by atoms with Crippen LogP contribution >= 0.6 is 0 Å². The second kappa shape index (κ2) is 6.18. The number of anilines is 1. The summed E-state index contributed by atoms with van der Waals surface area (Å²) in [6.45, 7) is 2.41. The van der Waals surface area contributed by atoms with Crippen LogP contribution in [0.1, 0.15) is 28.9 Å². The van der Waals surface area contributed by atoms with Gasteiger partial charge in [0.2, 0.25) is 5.82 Å². The van der Waals surface area contributed by atoms with Crippen LogP contribution in [0.15, 0.2) is 24.3 Å². The molecule has 2 aromatic rings. The van der Waals surface area contributed by atoms with E-state index in [0.29, 0.717) is 12.4 Å². The van der Waals surface area contributed by atoms with Crippen molar-refractivity contribution < 1.29 is 4.79 Å². The number of carbonyl (C=O) groups is 1. The van der Waals surface area contributed by atoms with Gasteiger partial charge in [0.15, 0.2) is 0 Å². The highest BCUT2D eigenvalue weighted by molar-refractivity contribution is 5.90. The fourth-order valence-electron chi connectivity index (χ4n) is 1.73. The largest absolute Gasteiger partial charge is 0.378 e. The highest BCUT2D eigenvalue weighted by atomic mass is 16.2. The summed E-state index contributed by atoms with van der Waals surface area (Å²) in [5.41, 5.74) is 2.16. The van der Waals surface area contributed by atoms with Crippen LogP contribution in [0.4, 0.5) is 5.69 Å². The molecule has 0 radical (unpaired) electrons. The molecule has 0 spiro atoms. The van der Waals surface area contributed by atoms with E-state index in [-0.39, 0.29) is 11.7 Å². The number of rotatable bonds is 5. The van der Waals surface area contributed by atoms with Crippen LogP contribution in [0.3, 0.4) is 0 Å². The van der Waals surface area contributed by atoms with Gasteiger partial charge in [-0.15, -0.1) is 5.10 Å². The van der Waals surface area contributed by atoms with Crippen molar-refractivity contribution in [3.8, 4) is 0 Å². The Kier molecular flexibility index (Phi) is 4.34. The molecule has 1 aromatic heterocycles. The summed E-state index contributed by atoms with van der Waals surface area (Å²) >= 11 is 0. The maximum atomic E-state index is 11.9. The molecular weight excluding hydrogens is 254 g/mol. The van der Waals surface area contributed by atoms with Crippen molar-refractivity contribution in [3.05, 3.63) is 41.5 Å². The molecule has 1 aromatic carbocycles. The van der Waals surface area contributed by atoms with Gasteiger partial charge in [0.1, 0.15) is 5.82 Å². The van der Waals surface area contributed by atoms with Gasteiger partial charge in [-0.2, -0.15) is 0 Å². The van der Waals surface area contributed by atoms with Gasteiger partial charge in [0.05, 0.1) is 0 Å². The zero-order valence-electron chi connectivity index (χ0n) is 12.0. The van der Waals surface area contributed by atoms with Crippen molar-refractivity contribution in [2.75, 3.05) is 19.0 Å². The molecule has 0 atom stereocenters. The van der Waals surface area contributed by atoms with Crippen LogP contribution in [-0.4, -0.2) is 35.2 Å². The van der Waals surface area contributed by atoms with E-state index in [1.54, 1.807) is 0 Å². The van der Waals surface area contributed by atoms with Gasteiger partial charge >= 0.3 is 0 Å².